The van der Waals surface area contributed by atoms with E-state index in [1.54, 1.807) is 7.11 Å². The summed E-state index contributed by atoms with van der Waals surface area (Å²) in [7, 11) is 5.81. The third-order valence-electron chi connectivity index (χ3n) is 4.35. The third kappa shape index (κ3) is 3.29. The van der Waals surface area contributed by atoms with Crippen molar-refractivity contribution >= 4 is 0 Å². The molecule has 1 rings (SSSR count). The van der Waals surface area contributed by atoms with Gasteiger partial charge in [-0.05, 0) is 41.8 Å². The van der Waals surface area contributed by atoms with Crippen molar-refractivity contribution in [2.75, 3.05) is 21.2 Å². The number of methoxy groups -OCH3 is 1. The fraction of sp³-hybridized carbons (Fsp3) is 0.667. The Balaban J connectivity index is 3.08. The van der Waals surface area contributed by atoms with Gasteiger partial charge in [0.1, 0.15) is 5.75 Å². The lowest BCUT2D eigenvalue weighted by molar-refractivity contribution is 0.136. The zero-order chi connectivity index (χ0) is 15.5. The van der Waals surface area contributed by atoms with Crippen LogP contribution in [0.1, 0.15) is 30.7 Å². The monoisotopic (exact) mass is 280 g/mol. The summed E-state index contributed by atoms with van der Waals surface area (Å²) in [6.07, 6.45) is 2.61. The molecule has 0 saturated heterocycles. The Morgan fingerprint density at radius 3 is 2.45 bits per heavy atom. The van der Waals surface area contributed by atoms with Crippen molar-refractivity contribution in [2.45, 2.75) is 45.7 Å². The number of nitrogens with one attached hydrogen (secondary N) is 1. The first-order valence-corrected chi connectivity index (χ1v) is 6.88. The lowest BCUT2D eigenvalue weighted by atomic mass is 9.89. The van der Waals surface area contributed by atoms with Gasteiger partial charge in [-0.3, -0.25) is 16.3 Å². The van der Waals surface area contributed by atoms with Crippen molar-refractivity contribution in [1.82, 2.24) is 15.3 Å². The summed E-state index contributed by atoms with van der Waals surface area (Å²) in [6.45, 7) is 8.38. The molecular weight excluding hydrogens is 252 g/mol. The molecule has 1 unspecified atom stereocenters. The highest BCUT2D eigenvalue weighted by Crippen LogP contribution is 2.26. The van der Waals surface area contributed by atoms with E-state index in [0.29, 0.717) is 0 Å². The highest BCUT2D eigenvalue weighted by atomic mass is 16.5. The minimum Gasteiger partial charge on any atom is -0.496 e. The summed E-state index contributed by atoms with van der Waals surface area (Å²) in [4.78, 5) is 6.72. The molecule has 114 valence electrons. The van der Waals surface area contributed by atoms with E-state index in [9.17, 15) is 0 Å². The molecule has 1 atom stereocenters. The van der Waals surface area contributed by atoms with Crippen LogP contribution in [0.5, 0.6) is 5.75 Å². The van der Waals surface area contributed by atoms with E-state index in [0.717, 1.165) is 29.0 Å². The van der Waals surface area contributed by atoms with Crippen molar-refractivity contribution in [3.05, 3.63) is 23.0 Å². The molecule has 0 bridgehead atoms. The second-order valence-corrected chi connectivity index (χ2v) is 6.02. The van der Waals surface area contributed by atoms with Crippen molar-refractivity contribution in [3.63, 3.8) is 0 Å². The Labute approximate surface area is 122 Å². The Kier molecular flexibility index (Phi) is 5.50. The Hall–Kier alpha value is -1.17. The lowest BCUT2D eigenvalue weighted by Gasteiger charge is -2.40. The van der Waals surface area contributed by atoms with Gasteiger partial charge >= 0.3 is 0 Å². The molecule has 1 aromatic heterocycles. The van der Waals surface area contributed by atoms with Gasteiger partial charge in [-0.25, -0.2) is 0 Å². The lowest BCUT2D eigenvalue weighted by Crippen LogP contribution is -2.58. The van der Waals surface area contributed by atoms with Gasteiger partial charge in [-0.2, -0.15) is 0 Å². The minimum atomic E-state index is -0.0824. The molecule has 0 aliphatic carbocycles. The first kappa shape index (κ1) is 16.9. The van der Waals surface area contributed by atoms with Gasteiger partial charge in [0.2, 0.25) is 0 Å². The van der Waals surface area contributed by atoms with Crippen LogP contribution in [0.2, 0.25) is 0 Å². The third-order valence-corrected chi connectivity index (χ3v) is 4.35. The second kappa shape index (κ2) is 6.52. The van der Waals surface area contributed by atoms with E-state index >= 15 is 0 Å². The number of hydrogen-bond donors (Lipinski definition) is 2. The number of aryl methyl sites for hydroxylation is 1. The molecule has 0 aliphatic heterocycles. The highest BCUT2D eigenvalue weighted by molar-refractivity contribution is 5.41. The molecule has 5 nitrogen and oxygen atoms in total. The number of hydrogen-bond acceptors (Lipinski definition) is 5. The van der Waals surface area contributed by atoms with Crippen LogP contribution in [-0.2, 0) is 6.42 Å². The number of aromatic nitrogens is 1. The summed E-state index contributed by atoms with van der Waals surface area (Å²) in [5.74, 6) is 6.67. The van der Waals surface area contributed by atoms with Crippen molar-refractivity contribution in [1.29, 1.82) is 0 Å². The van der Waals surface area contributed by atoms with E-state index in [2.05, 4.69) is 43.3 Å². The van der Waals surface area contributed by atoms with Crippen LogP contribution in [-0.4, -0.2) is 42.7 Å². The Morgan fingerprint density at radius 2 is 2.00 bits per heavy atom. The van der Waals surface area contributed by atoms with Crippen molar-refractivity contribution in [3.8, 4) is 5.75 Å². The van der Waals surface area contributed by atoms with Crippen LogP contribution in [0.25, 0.3) is 0 Å². The summed E-state index contributed by atoms with van der Waals surface area (Å²) >= 11 is 0. The Bertz CT molecular complexity index is 457. The van der Waals surface area contributed by atoms with E-state index in [1.165, 1.54) is 0 Å². The van der Waals surface area contributed by atoms with Crippen molar-refractivity contribution < 1.29 is 4.74 Å². The molecule has 0 amide bonds. The summed E-state index contributed by atoms with van der Waals surface area (Å²) < 4.78 is 5.46. The van der Waals surface area contributed by atoms with Crippen LogP contribution in [0.4, 0.5) is 0 Å². The van der Waals surface area contributed by atoms with Gasteiger partial charge in [0.25, 0.3) is 0 Å². The van der Waals surface area contributed by atoms with Crippen LogP contribution in [0.3, 0.4) is 0 Å². The maximum absolute atomic E-state index is 5.76. The fourth-order valence-electron chi connectivity index (χ4n) is 2.29. The van der Waals surface area contributed by atoms with Gasteiger partial charge in [-0.15, -0.1) is 0 Å². The second-order valence-electron chi connectivity index (χ2n) is 6.02. The minimum absolute atomic E-state index is 0.0824. The van der Waals surface area contributed by atoms with Gasteiger partial charge in [0.15, 0.2) is 0 Å². The molecule has 0 fully saturated rings. The fourth-order valence-corrected chi connectivity index (χ4v) is 2.29. The molecule has 3 N–H and O–H groups in total. The van der Waals surface area contributed by atoms with Gasteiger partial charge < -0.3 is 9.64 Å². The van der Waals surface area contributed by atoms with Gasteiger partial charge in [-0.1, -0.05) is 0 Å². The SMILES string of the molecule is COc1c(C)cnc(CC(NN)C(C)(C)N(C)C)c1C. The van der Waals surface area contributed by atoms with E-state index in [4.69, 9.17) is 10.6 Å². The highest BCUT2D eigenvalue weighted by Gasteiger charge is 2.31. The predicted molar refractivity (Wildman–Crippen MR) is 82.8 cm³/mol. The molecule has 0 aliphatic rings. The van der Waals surface area contributed by atoms with Crippen LogP contribution in [0, 0.1) is 13.8 Å². The van der Waals surface area contributed by atoms with Gasteiger partial charge in [0.05, 0.1) is 7.11 Å². The number of nitrogens with zero attached hydrogens (tertiary/aromatic N) is 2. The standard InChI is InChI=1S/C15H28N4O/c1-10-9-17-12(11(2)14(10)20-7)8-13(18-16)15(3,4)19(5)6/h9,13,18H,8,16H2,1-7H3. The summed E-state index contributed by atoms with van der Waals surface area (Å²) in [5, 5.41) is 0. The van der Waals surface area contributed by atoms with E-state index in [-0.39, 0.29) is 11.6 Å². The summed E-state index contributed by atoms with van der Waals surface area (Å²) in [6, 6.07) is 0.0936. The molecule has 1 heterocycles. The quantitative estimate of drug-likeness (QED) is 0.609. The molecule has 0 aromatic carbocycles. The topological polar surface area (TPSA) is 63.4 Å². The molecule has 20 heavy (non-hydrogen) atoms. The zero-order valence-corrected chi connectivity index (χ0v) is 13.7. The van der Waals surface area contributed by atoms with E-state index in [1.807, 2.05) is 20.0 Å². The smallest absolute Gasteiger partial charge is 0.128 e. The Morgan fingerprint density at radius 1 is 1.40 bits per heavy atom. The number of rotatable bonds is 6. The first-order valence-electron chi connectivity index (χ1n) is 6.88. The maximum atomic E-state index is 5.76. The molecule has 0 saturated carbocycles. The average molecular weight is 280 g/mol. The van der Waals surface area contributed by atoms with Crippen LogP contribution >= 0.6 is 0 Å². The number of pyridine rings is 1. The summed E-state index contributed by atoms with van der Waals surface area (Å²) in [5.41, 5.74) is 6.00. The normalized spacial score (nSPS) is 13.7. The predicted octanol–water partition coefficient (Wildman–Crippen LogP) is 1.42. The average Bonchev–Trinajstić information content (AvgIpc) is 2.38. The van der Waals surface area contributed by atoms with E-state index < -0.39 is 0 Å². The molecular formula is C15H28N4O. The van der Waals surface area contributed by atoms with Crippen molar-refractivity contribution in [2.24, 2.45) is 5.84 Å². The largest absolute Gasteiger partial charge is 0.496 e. The maximum Gasteiger partial charge on any atom is 0.128 e. The first-order chi connectivity index (χ1) is 9.25. The molecule has 1 aromatic rings. The van der Waals surface area contributed by atoms with Gasteiger partial charge in [0, 0.05) is 41.0 Å². The number of hydrazine groups is 1. The molecule has 0 radical (unpaired) electrons. The number of nitrogens with two attached hydrogens (primary N) is 1. The van der Waals surface area contributed by atoms with Crippen LogP contribution < -0.4 is 16.0 Å². The molecule has 5 heteroatoms. The zero-order valence-electron chi connectivity index (χ0n) is 13.7. The number of ether oxygens (including phenoxy) is 1. The molecule has 0 spiro atoms. The van der Waals surface area contributed by atoms with Crippen LogP contribution in [0.15, 0.2) is 6.20 Å². The number of likely N-dealkylation sites (N-methyl/N-ethyl adjacent to an activating group) is 1.